The Morgan fingerprint density at radius 2 is 0.926 bits per heavy atom. The van der Waals surface area contributed by atoms with Gasteiger partial charge in [0.25, 0.3) is 0 Å². The van der Waals surface area contributed by atoms with Gasteiger partial charge in [-0.3, -0.25) is 0 Å². The van der Waals surface area contributed by atoms with E-state index in [9.17, 15) is 0 Å². The van der Waals surface area contributed by atoms with E-state index in [1.54, 1.807) is 0 Å². The highest BCUT2D eigenvalue weighted by Crippen LogP contribution is 2.47. The summed E-state index contributed by atoms with van der Waals surface area (Å²) in [6.07, 6.45) is 0. The molecule has 12 aromatic carbocycles. The molecule has 0 spiro atoms. The second-order valence-electron chi connectivity index (χ2n) is 17.5. The number of anilines is 3. The number of hydrogen-bond acceptors (Lipinski definition) is 1. The van der Waals surface area contributed by atoms with Gasteiger partial charge in [-0.2, -0.15) is 0 Å². The summed E-state index contributed by atoms with van der Waals surface area (Å²) in [5.41, 5.74) is 16.0. The van der Waals surface area contributed by atoms with Crippen LogP contribution >= 0.6 is 0 Å². The van der Waals surface area contributed by atoms with Crippen LogP contribution in [0.3, 0.4) is 0 Å². The molecule has 2 nitrogen and oxygen atoms in total. The summed E-state index contributed by atoms with van der Waals surface area (Å²) in [6.45, 7) is 0. The fourth-order valence-corrected chi connectivity index (χ4v) is 10.5. The number of para-hydroxylation sites is 3. The van der Waals surface area contributed by atoms with Crippen LogP contribution in [0.5, 0.6) is 0 Å². The molecule has 0 radical (unpaired) electrons. The van der Waals surface area contributed by atoms with Crippen molar-refractivity contribution in [2.24, 2.45) is 0 Å². The predicted molar refractivity (Wildman–Crippen MR) is 287 cm³/mol. The molecule has 0 N–H and O–H groups in total. The van der Waals surface area contributed by atoms with Crippen molar-refractivity contribution in [1.82, 2.24) is 4.57 Å². The van der Waals surface area contributed by atoms with Gasteiger partial charge in [-0.05, 0) is 133 Å². The first-order chi connectivity index (χ1) is 33.7. The van der Waals surface area contributed by atoms with Crippen molar-refractivity contribution in [2.45, 2.75) is 0 Å². The fourth-order valence-electron chi connectivity index (χ4n) is 10.5. The molecule has 0 aliphatic carbocycles. The molecule has 68 heavy (non-hydrogen) atoms. The third-order valence-corrected chi connectivity index (χ3v) is 13.7. The number of fused-ring (bicyclic) bond motifs is 6. The maximum atomic E-state index is 3.18. The van der Waals surface area contributed by atoms with Crippen molar-refractivity contribution in [2.75, 3.05) is 4.90 Å². The number of benzene rings is 11. The highest BCUT2D eigenvalue weighted by atomic mass is 15.1. The highest BCUT2D eigenvalue weighted by molar-refractivity contribution is 6.11. The minimum Gasteiger partial charge on any atom is -0.309 e. The van der Waals surface area contributed by atoms with Crippen LogP contribution in [0.4, 0.5) is 17.1 Å². The molecule has 0 bridgehead atoms. The lowest BCUT2D eigenvalue weighted by Crippen LogP contribution is -2.12. The summed E-state index contributed by atoms with van der Waals surface area (Å²) in [4.78, 5) is 2.47. The Morgan fingerprint density at radius 1 is 0.309 bits per heavy atom. The lowest BCUT2D eigenvalue weighted by Gasteiger charge is -2.30. The molecular weight excluding hydrogens is 821 g/mol. The molecule has 13 rings (SSSR count). The SMILES string of the molecule is c1ccc(-c2ccc(-n3c4ccccc4c4ccccc43)c(-c3ccc(N(c4ccccc4-c4cccc5ccccc45)c4ccc(-c5ccc6ccccc6c5)c5ccccc45)cc3)c2)cc#1. The van der Waals surface area contributed by atoms with Gasteiger partial charge in [-0.25, -0.2) is 0 Å². The zero-order valence-electron chi connectivity index (χ0n) is 37.1. The van der Waals surface area contributed by atoms with E-state index in [4.69, 9.17) is 0 Å². The number of rotatable bonds is 8. The van der Waals surface area contributed by atoms with Crippen LogP contribution in [0.1, 0.15) is 0 Å². The van der Waals surface area contributed by atoms with E-state index in [2.05, 4.69) is 264 Å². The first-order valence-electron chi connectivity index (χ1n) is 23.2. The van der Waals surface area contributed by atoms with Gasteiger partial charge in [0.1, 0.15) is 0 Å². The van der Waals surface area contributed by atoms with E-state index in [1.807, 2.05) is 12.1 Å². The minimum absolute atomic E-state index is 1.06. The summed E-state index contributed by atoms with van der Waals surface area (Å²) in [7, 11) is 0. The Kier molecular flexibility index (Phi) is 9.44. The van der Waals surface area contributed by atoms with Gasteiger partial charge in [-0.15, -0.1) is 0 Å². The van der Waals surface area contributed by atoms with Gasteiger partial charge in [-0.1, -0.05) is 194 Å². The molecule has 0 aliphatic rings. The number of nitrogens with zero attached hydrogens (tertiary/aromatic N) is 2. The van der Waals surface area contributed by atoms with Crippen molar-refractivity contribution in [3.8, 4) is 50.2 Å². The molecule has 0 saturated heterocycles. The van der Waals surface area contributed by atoms with E-state index in [1.165, 1.54) is 70.8 Å². The lowest BCUT2D eigenvalue weighted by molar-refractivity contribution is 1.18. The summed E-state index contributed by atoms with van der Waals surface area (Å²) < 4.78 is 2.43. The predicted octanol–water partition coefficient (Wildman–Crippen LogP) is 18.0. The minimum atomic E-state index is 1.06. The van der Waals surface area contributed by atoms with Gasteiger partial charge >= 0.3 is 0 Å². The second-order valence-corrected chi connectivity index (χ2v) is 17.5. The van der Waals surface area contributed by atoms with E-state index in [-0.39, 0.29) is 0 Å². The van der Waals surface area contributed by atoms with Crippen molar-refractivity contribution in [3.63, 3.8) is 0 Å². The van der Waals surface area contributed by atoms with E-state index in [0.717, 1.165) is 50.6 Å². The first kappa shape index (κ1) is 39.2. The number of aromatic nitrogens is 1. The molecule has 1 heterocycles. The van der Waals surface area contributed by atoms with Crippen LogP contribution in [0.2, 0.25) is 0 Å². The largest absolute Gasteiger partial charge is 0.309 e. The Bertz CT molecular complexity index is 3970. The fraction of sp³-hybridized carbons (Fsp3) is 0. The molecule has 0 unspecified atom stereocenters. The summed E-state index contributed by atoms with van der Waals surface area (Å²) >= 11 is 0. The monoisotopic (exact) mass is 862 g/mol. The maximum Gasteiger partial charge on any atom is 0.0541 e. The average Bonchev–Trinajstić information content (AvgIpc) is 3.75. The third kappa shape index (κ3) is 6.60. The van der Waals surface area contributed by atoms with Crippen molar-refractivity contribution in [3.05, 3.63) is 267 Å². The van der Waals surface area contributed by atoms with Gasteiger partial charge in [0.05, 0.1) is 28.1 Å². The molecule has 0 amide bonds. The smallest absolute Gasteiger partial charge is 0.0541 e. The lowest BCUT2D eigenvalue weighted by atomic mass is 9.93. The second kappa shape index (κ2) is 16.4. The molecule has 0 saturated carbocycles. The summed E-state index contributed by atoms with van der Waals surface area (Å²) in [5.74, 6) is 0. The average molecular weight is 863 g/mol. The van der Waals surface area contributed by atoms with Gasteiger partial charge < -0.3 is 9.47 Å². The zero-order valence-corrected chi connectivity index (χ0v) is 37.1. The highest BCUT2D eigenvalue weighted by Gasteiger charge is 2.23. The molecule has 0 fully saturated rings. The van der Waals surface area contributed by atoms with Crippen LogP contribution in [0.15, 0.2) is 255 Å². The van der Waals surface area contributed by atoms with Crippen molar-refractivity contribution < 1.29 is 0 Å². The van der Waals surface area contributed by atoms with Crippen molar-refractivity contribution >= 4 is 71.2 Å². The summed E-state index contributed by atoms with van der Waals surface area (Å²) in [6, 6.07) is 99.0. The van der Waals surface area contributed by atoms with Gasteiger partial charge in [0.15, 0.2) is 0 Å². The van der Waals surface area contributed by atoms with Crippen LogP contribution in [-0.2, 0) is 0 Å². The molecule has 316 valence electrons. The Hall–Kier alpha value is -9.16. The van der Waals surface area contributed by atoms with Crippen LogP contribution in [-0.4, -0.2) is 4.57 Å². The first-order valence-corrected chi connectivity index (χ1v) is 23.2. The molecular formula is C66H42N2. The summed E-state index contributed by atoms with van der Waals surface area (Å²) in [5, 5.41) is 9.76. The van der Waals surface area contributed by atoms with Gasteiger partial charge in [0.2, 0.25) is 0 Å². The normalized spacial score (nSPS) is 11.4. The van der Waals surface area contributed by atoms with Crippen LogP contribution < -0.4 is 4.90 Å². The number of hydrogen-bond donors (Lipinski definition) is 0. The maximum absolute atomic E-state index is 3.18. The molecule has 13 aromatic rings. The molecule has 0 atom stereocenters. The van der Waals surface area contributed by atoms with E-state index in [0.29, 0.717) is 0 Å². The quantitative estimate of drug-likeness (QED) is 0.148. The molecule has 2 heteroatoms. The zero-order chi connectivity index (χ0) is 45.0. The van der Waals surface area contributed by atoms with E-state index < -0.39 is 0 Å². The third-order valence-electron chi connectivity index (χ3n) is 13.7. The van der Waals surface area contributed by atoms with Gasteiger partial charge in [0, 0.05) is 33.0 Å². The molecule has 0 aliphatic heterocycles. The topological polar surface area (TPSA) is 8.17 Å². The van der Waals surface area contributed by atoms with Crippen LogP contribution in [0.25, 0.3) is 104 Å². The molecule has 1 aromatic heterocycles. The Labute approximate surface area is 395 Å². The standard InChI is InChI=1S/C66H42N2/c1-2-17-45(18-3-1)50-37-41-66(68-63-31-14-11-27-59(63)60-28-12-15-32-64(60)68)61(44-50)48-35-38-52(39-36-48)67(62-30-13-10-26-57(62)56-29-16-22-47-20-6-7-23-53(47)56)65-42-40-54(55-24-8-9-25-58(55)65)51-34-33-46-19-4-5-21-49(46)43-51/h2,4-44H. The van der Waals surface area contributed by atoms with Crippen molar-refractivity contribution in [1.29, 1.82) is 0 Å². The Morgan fingerprint density at radius 3 is 1.71 bits per heavy atom. The Balaban J connectivity index is 1.03. The van der Waals surface area contributed by atoms with E-state index >= 15 is 0 Å². The van der Waals surface area contributed by atoms with Crippen LogP contribution in [0, 0.1) is 12.1 Å².